The lowest BCUT2D eigenvalue weighted by molar-refractivity contribution is 0.0781. The second-order valence-electron chi connectivity index (χ2n) is 5.56. The molecule has 6 heteroatoms. The lowest BCUT2D eigenvalue weighted by Gasteiger charge is -2.15. The summed E-state index contributed by atoms with van der Waals surface area (Å²) < 4.78 is 1.65. The number of nitrogens with zero attached hydrogens (tertiary/aromatic N) is 3. The van der Waals surface area contributed by atoms with Crippen LogP contribution in [-0.4, -0.2) is 47.3 Å². The van der Waals surface area contributed by atoms with Crippen LogP contribution in [0.4, 0.5) is 0 Å². The molecule has 0 bridgehead atoms. The van der Waals surface area contributed by atoms with E-state index in [1.54, 1.807) is 16.9 Å². The van der Waals surface area contributed by atoms with Crippen molar-refractivity contribution in [3.63, 3.8) is 0 Å². The van der Waals surface area contributed by atoms with Crippen LogP contribution in [0.25, 0.3) is 5.69 Å². The summed E-state index contributed by atoms with van der Waals surface area (Å²) in [5.41, 5.74) is 1.24. The molecule has 22 heavy (non-hydrogen) atoms. The van der Waals surface area contributed by atoms with Crippen molar-refractivity contribution in [2.24, 2.45) is 5.92 Å². The van der Waals surface area contributed by atoms with E-state index in [2.05, 4.69) is 10.4 Å². The predicted octanol–water partition coefficient (Wildman–Crippen LogP) is 2.21. The fraction of sp³-hybridized carbons (Fsp3) is 0.375. The summed E-state index contributed by atoms with van der Waals surface area (Å²) in [6, 6.07) is 9.20. The topological polar surface area (TPSA) is 50.2 Å². The smallest absolute Gasteiger partial charge is 0.274 e. The van der Waals surface area contributed by atoms with Gasteiger partial charge in [-0.3, -0.25) is 4.79 Å². The third-order valence-electron chi connectivity index (χ3n) is 3.97. The van der Waals surface area contributed by atoms with E-state index in [-0.39, 0.29) is 5.91 Å². The Hall–Kier alpha value is -1.85. The van der Waals surface area contributed by atoms with Gasteiger partial charge >= 0.3 is 0 Å². The van der Waals surface area contributed by atoms with Gasteiger partial charge in [0.1, 0.15) is 0 Å². The summed E-state index contributed by atoms with van der Waals surface area (Å²) in [5, 5.41) is 8.16. The van der Waals surface area contributed by atoms with Gasteiger partial charge in [-0.15, -0.1) is 0 Å². The van der Waals surface area contributed by atoms with E-state index >= 15 is 0 Å². The van der Waals surface area contributed by atoms with Crippen molar-refractivity contribution in [3.05, 3.63) is 47.2 Å². The minimum absolute atomic E-state index is 0.00981. The molecule has 2 heterocycles. The van der Waals surface area contributed by atoms with Crippen LogP contribution >= 0.6 is 11.6 Å². The standard InChI is InChI=1S/C16H19ClN4O/c1-18-10-12-6-8-20(11-12)16(22)14-7-9-21(19-14)15-5-3-2-4-13(15)17/h2-5,7,9,12,18H,6,8,10-11H2,1H3. The quantitative estimate of drug-likeness (QED) is 0.940. The number of amides is 1. The number of likely N-dealkylation sites (tertiary alicyclic amines) is 1. The second-order valence-corrected chi connectivity index (χ2v) is 5.97. The molecule has 5 nitrogen and oxygen atoms in total. The Balaban J connectivity index is 1.74. The third-order valence-corrected chi connectivity index (χ3v) is 4.29. The fourth-order valence-electron chi connectivity index (χ4n) is 2.84. The molecule has 1 aliphatic heterocycles. The zero-order valence-electron chi connectivity index (χ0n) is 12.5. The first-order valence-corrected chi connectivity index (χ1v) is 7.81. The molecule has 1 unspecified atom stereocenters. The number of aromatic nitrogens is 2. The van der Waals surface area contributed by atoms with Crippen LogP contribution in [0, 0.1) is 5.92 Å². The highest BCUT2D eigenvalue weighted by molar-refractivity contribution is 6.32. The van der Waals surface area contributed by atoms with Gasteiger partial charge in [0.05, 0.1) is 10.7 Å². The Kier molecular flexibility index (Phi) is 4.45. The van der Waals surface area contributed by atoms with E-state index in [4.69, 9.17) is 11.6 Å². The molecular formula is C16H19ClN4O. The number of halogens is 1. The number of benzene rings is 1. The Morgan fingerprint density at radius 1 is 1.41 bits per heavy atom. The molecule has 1 aromatic carbocycles. The van der Waals surface area contributed by atoms with Crippen LogP contribution in [0.5, 0.6) is 0 Å². The Morgan fingerprint density at radius 2 is 2.23 bits per heavy atom. The zero-order valence-corrected chi connectivity index (χ0v) is 13.3. The van der Waals surface area contributed by atoms with Gasteiger partial charge < -0.3 is 10.2 Å². The van der Waals surface area contributed by atoms with Crippen molar-refractivity contribution in [1.29, 1.82) is 0 Å². The van der Waals surface area contributed by atoms with Gasteiger partial charge in [-0.05, 0) is 44.1 Å². The Labute approximate surface area is 134 Å². The van der Waals surface area contributed by atoms with Crippen molar-refractivity contribution in [2.75, 3.05) is 26.7 Å². The van der Waals surface area contributed by atoms with Gasteiger partial charge in [-0.25, -0.2) is 4.68 Å². The lowest BCUT2D eigenvalue weighted by atomic mass is 10.1. The van der Waals surface area contributed by atoms with Crippen LogP contribution < -0.4 is 5.32 Å². The molecule has 0 aliphatic carbocycles. The average Bonchev–Trinajstić information content (AvgIpc) is 3.17. The number of carbonyl (C=O) groups is 1. The van der Waals surface area contributed by atoms with Crippen LogP contribution in [-0.2, 0) is 0 Å². The molecule has 1 saturated heterocycles. The van der Waals surface area contributed by atoms with E-state index in [0.717, 1.165) is 31.7 Å². The number of rotatable bonds is 4. The molecule has 1 N–H and O–H groups in total. The molecule has 1 aromatic heterocycles. The van der Waals surface area contributed by atoms with Crippen molar-refractivity contribution >= 4 is 17.5 Å². The Morgan fingerprint density at radius 3 is 3.00 bits per heavy atom. The second kappa shape index (κ2) is 6.50. The van der Waals surface area contributed by atoms with Crippen LogP contribution in [0.3, 0.4) is 0 Å². The highest BCUT2D eigenvalue weighted by Crippen LogP contribution is 2.21. The number of para-hydroxylation sites is 1. The van der Waals surface area contributed by atoms with E-state index in [9.17, 15) is 4.79 Å². The molecular weight excluding hydrogens is 300 g/mol. The summed E-state index contributed by atoms with van der Waals surface area (Å²) in [5.74, 6) is 0.518. The normalized spacial score (nSPS) is 17.9. The van der Waals surface area contributed by atoms with E-state index in [1.165, 1.54) is 0 Å². The van der Waals surface area contributed by atoms with E-state index in [0.29, 0.717) is 16.6 Å². The van der Waals surface area contributed by atoms with Gasteiger partial charge in [0.15, 0.2) is 5.69 Å². The van der Waals surface area contributed by atoms with Crippen LogP contribution in [0.15, 0.2) is 36.5 Å². The molecule has 1 amide bonds. The molecule has 116 valence electrons. The largest absolute Gasteiger partial charge is 0.337 e. The molecule has 1 fully saturated rings. The minimum atomic E-state index is -0.00981. The first-order valence-electron chi connectivity index (χ1n) is 7.43. The third kappa shape index (κ3) is 3.00. The maximum absolute atomic E-state index is 12.5. The summed E-state index contributed by atoms with van der Waals surface area (Å²) in [7, 11) is 1.94. The molecule has 1 aliphatic rings. The number of carbonyl (C=O) groups excluding carboxylic acids is 1. The maximum atomic E-state index is 12.5. The van der Waals surface area contributed by atoms with Gasteiger partial charge in [0.25, 0.3) is 5.91 Å². The Bertz CT molecular complexity index is 670. The SMILES string of the molecule is CNCC1CCN(C(=O)c2ccn(-c3ccccc3Cl)n2)C1. The molecule has 0 radical (unpaired) electrons. The van der Waals surface area contributed by atoms with E-state index < -0.39 is 0 Å². The maximum Gasteiger partial charge on any atom is 0.274 e. The van der Waals surface area contributed by atoms with Crippen molar-refractivity contribution < 1.29 is 4.79 Å². The van der Waals surface area contributed by atoms with E-state index in [1.807, 2.05) is 36.2 Å². The predicted molar refractivity (Wildman–Crippen MR) is 86.5 cm³/mol. The summed E-state index contributed by atoms with van der Waals surface area (Å²) >= 11 is 6.17. The summed E-state index contributed by atoms with van der Waals surface area (Å²) in [6.45, 7) is 2.53. The van der Waals surface area contributed by atoms with Gasteiger partial charge in [0, 0.05) is 19.3 Å². The van der Waals surface area contributed by atoms with Gasteiger partial charge in [-0.2, -0.15) is 5.10 Å². The van der Waals surface area contributed by atoms with Crippen molar-refractivity contribution in [1.82, 2.24) is 20.0 Å². The molecule has 0 saturated carbocycles. The zero-order chi connectivity index (χ0) is 15.5. The number of nitrogens with one attached hydrogen (secondary N) is 1. The van der Waals surface area contributed by atoms with Gasteiger partial charge in [-0.1, -0.05) is 23.7 Å². The van der Waals surface area contributed by atoms with Crippen molar-refractivity contribution in [2.45, 2.75) is 6.42 Å². The monoisotopic (exact) mass is 318 g/mol. The average molecular weight is 319 g/mol. The number of hydrogen-bond acceptors (Lipinski definition) is 3. The van der Waals surface area contributed by atoms with Crippen LogP contribution in [0.2, 0.25) is 5.02 Å². The molecule has 2 aromatic rings. The molecule has 3 rings (SSSR count). The van der Waals surface area contributed by atoms with Crippen molar-refractivity contribution in [3.8, 4) is 5.69 Å². The first-order chi connectivity index (χ1) is 10.7. The summed E-state index contributed by atoms with van der Waals surface area (Å²) in [6.07, 6.45) is 2.81. The highest BCUT2D eigenvalue weighted by atomic mass is 35.5. The minimum Gasteiger partial charge on any atom is -0.337 e. The van der Waals surface area contributed by atoms with Crippen LogP contribution in [0.1, 0.15) is 16.9 Å². The lowest BCUT2D eigenvalue weighted by Crippen LogP contribution is -2.30. The summed E-state index contributed by atoms with van der Waals surface area (Å²) in [4.78, 5) is 14.4. The molecule has 1 atom stereocenters. The fourth-order valence-corrected chi connectivity index (χ4v) is 3.07. The molecule has 0 spiro atoms. The number of hydrogen-bond donors (Lipinski definition) is 1. The first kappa shape index (κ1) is 15.1. The van der Waals surface area contributed by atoms with Gasteiger partial charge in [0.2, 0.25) is 0 Å². The highest BCUT2D eigenvalue weighted by Gasteiger charge is 2.27.